The Morgan fingerprint density at radius 3 is 2.50 bits per heavy atom. The summed E-state index contributed by atoms with van der Waals surface area (Å²) in [6.07, 6.45) is 9.21. The molecule has 7 heteroatoms. The highest BCUT2D eigenvalue weighted by Gasteiger charge is 2.29. The van der Waals surface area contributed by atoms with Gasteiger partial charge in [-0.25, -0.2) is 9.97 Å². The monoisotopic (exact) mass is 432 g/mol. The minimum Gasteiger partial charge on any atom is -0.341 e. The van der Waals surface area contributed by atoms with Crippen molar-refractivity contribution >= 4 is 17.4 Å². The van der Waals surface area contributed by atoms with Crippen molar-refractivity contribution in [3.8, 4) is 0 Å². The molecular weight excluding hydrogens is 400 g/mol. The van der Waals surface area contributed by atoms with Gasteiger partial charge >= 0.3 is 0 Å². The highest BCUT2D eigenvalue weighted by molar-refractivity contribution is 5.80. The first-order valence-corrected chi connectivity index (χ1v) is 11.4. The second kappa shape index (κ2) is 9.51. The van der Waals surface area contributed by atoms with Crippen LogP contribution in [-0.2, 0) is 4.79 Å². The fourth-order valence-electron chi connectivity index (χ4n) is 4.35. The van der Waals surface area contributed by atoms with Gasteiger partial charge in [-0.2, -0.15) is 0 Å². The molecular formula is C25H32N6O. The second-order valence-electron chi connectivity index (χ2n) is 8.89. The van der Waals surface area contributed by atoms with Gasteiger partial charge in [0.15, 0.2) is 0 Å². The van der Waals surface area contributed by atoms with E-state index in [1.54, 1.807) is 12.4 Å². The Morgan fingerprint density at radius 1 is 1.06 bits per heavy atom. The summed E-state index contributed by atoms with van der Waals surface area (Å²) >= 11 is 0. The zero-order valence-electron chi connectivity index (χ0n) is 19.3. The topological polar surface area (TPSA) is 75.9 Å². The van der Waals surface area contributed by atoms with Gasteiger partial charge in [0, 0.05) is 49.2 Å². The number of pyridine rings is 2. The van der Waals surface area contributed by atoms with E-state index in [-0.39, 0.29) is 17.9 Å². The summed E-state index contributed by atoms with van der Waals surface area (Å²) in [4.78, 5) is 28.6. The van der Waals surface area contributed by atoms with E-state index in [0.29, 0.717) is 5.92 Å². The lowest BCUT2D eigenvalue weighted by atomic mass is 9.92. The molecule has 0 aromatic carbocycles. The number of piperidine rings is 1. The van der Waals surface area contributed by atoms with Crippen molar-refractivity contribution in [1.29, 1.82) is 0 Å². The van der Waals surface area contributed by atoms with E-state index < -0.39 is 0 Å². The number of amides is 1. The van der Waals surface area contributed by atoms with E-state index in [4.69, 9.17) is 4.98 Å². The van der Waals surface area contributed by atoms with Crippen LogP contribution in [0.15, 0.2) is 49.1 Å². The molecule has 1 amide bonds. The molecule has 0 aliphatic carbocycles. The predicted octanol–water partition coefficient (Wildman–Crippen LogP) is 4.82. The summed E-state index contributed by atoms with van der Waals surface area (Å²) in [5, 5.41) is 3.33. The van der Waals surface area contributed by atoms with Crippen molar-refractivity contribution in [2.24, 2.45) is 0 Å². The van der Waals surface area contributed by atoms with E-state index in [1.165, 1.54) is 0 Å². The average Bonchev–Trinajstić information content (AvgIpc) is 3.31. The third-order valence-corrected chi connectivity index (χ3v) is 6.27. The lowest BCUT2D eigenvalue weighted by molar-refractivity contribution is -0.135. The molecule has 1 fully saturated rings. The van der Waals surface area contributed by atoms with Crippen molar-refractivity contribution in [3.63, 3.8) is 0 Å². The maximum atomic E-state index is 13.1. The molecule has 4 heterocycles. The Hall–Kier alpha value is -3.22. The third kappa shape index (κ3) is 4.66. The largest absolute Gasteiger partial charge is 0.341 e. The number of anilines is 2. The number of aryl methyl sites for hydroxylation is 1. The number of rotatable bonds is 6. The molecule has 0 saturated carbocycles. The van der Waals surface area contributed by atoms with Gasteiger partial charge in [-0.3, -0.25) is 9.78 Å². The maximum Gasteiger partial charge on any atom is 0.245 e. The summed E-state index contributed by atoms with van der Waals surface area (Å²) < 4.78 is 2.01. The number of nitrogens with zero attached hydrogens (tertiary/aromatic N) is 5. The number of hydrogen-bond donors (Lipinski definition) is 1. The first-order valence-electron chi connectivity index (χ1n) is 11.4. The van der Waals surface area contributed by atoms with E-state index in [2.05, 4.69) is 41.3 Å². The first kappa shape index (κ1) is 22.0. The third-order valence-electron chi connectivity index (χ3n) is 6.27. The van der Waals surface area contributed by atoms with E-state index in [9.17, 15) is 4.79 Å². The minimum atomic E-state index is -0.231. The zero-order valence-corrected chi connectivity index (χ0v) is 19.3. The Bertz CT molecular complexity index is 1050. The molecule has 32 heavy (non-hydrogen) atoms. The normalized spacial score (nSPS) is 15.7. The standard InChI is InChI=1S/C25H32N6O/c1-17(2)24-27-12-15-31(24)19(4)25(32)30-13-9-20(10-14-30)22-8-7-21(16-28-22)29-23-18(3)6-5-11-26-23/h5-8,11-12,15-17,19-20H,9-10,13-14H2,1-4H3,(H,26,29)/t19-/m0/s1. The van der Waals surface area contributed by atoms with E-state index in [1.807, 2.05) is 47.8 Å². The van der Waals surface area contributed by atoms with Crippen LogP contribution in [0.5, 0.6) is 0 Å². The van der Waals surface area contributed by atoms with Gasteiger partial charge in [0.2, 0.25) is 5.91 Å². The van der Waals surface area contributed by atoms with E-state index >= 15 is 0 Å². The van der Waals surface area contributed by atoms with Gasteiger partial charge < -0.3 is 14.8 Å². The lowest BCUT2D eigenvalue weighted by Crippen LogP contribution is -2.41. The Kier molecular flexibility index (Phi) is 6.53. The van der Waals surface area contributed by atoms with Crippen LogP contribution in [0.25, 0.3) is 0 Å². The molecule has 1 aliphatic rings. The van der Waals surface area contributed by atoms with Crippen molar-refractivity contribution in [2.75, 3.05) is 18.4 Å². The van der Waals surface area contributed by atoms with Gasteiger partial charge in [-0.05, 0) is 50.5 Å². The van der Waals surface area contributed by atoms with Crippen LogP contribution < -0.4 is 5.32 Å². The fraction of sp³-hybridized carbons (Fsp3) is 0.440. The molecule has 7 nitrogen and oxygen atoms in total. The summed E-state index contributed by atoms with van der Waals surface area (Å²) in [6, 6.07) is 7.88. The molecule has 1 aliphatic heterocycles. The van der Waals surface area contributed by atoms with Crippen molar-refractivity contribution < 1.29 is 4.79 Å². The van der Waals surface area contributed by atoms with Crippen LogP contribution in [0.1, 0.15) is 68.6 Å². The summed E-state index contributed by atoms with van der Waals surface area (Å²) in [7, 11) is 0. The van der Waals surface area contributed by atoms with Crippen LogP contribution in [0.4, 0.5) is 11.5 Å². The molecule has 3 aromatic rings. The van der Waals surface area contributed by atoms with Crippen molar-refractivity contribution in [3.05, 3.63) is 66.1 Å². The lowest BCUT2D eigenvalue weighted by Gasteiger charge is -2.34. The number of nitrogens with one attached hydrogen (secondary N) is 1. The van der Waals surface area contributed by atoms with Crippen LogP contribution in [0.2, 0.25) is 0 Å². The number of carbonyl (C=O) groups excluding carboxylic acids is 1. The number of aromatic nitrogens is 4. The predicted molar refractivity (Wildman–Crippen MR) is 126 cm³/mol. The average molecular weight is 433 g/mol. The quantitative estimate of drug-likeness (QED) is 0.605. The highest BCUT2D eigenvalue weighted by atomic mass is 16.2. The molecule has 168 valence electrons. The van der Waals surface area contributed by atoms with E-state index in [0.717, 1.165) is 54.5 Å². The minimum absolute atomic E-state index is 0.168. The van der Waals surface area contributed by atoms with Crippen molar-refractivity contribution in [2.45, 2.75) is 58.4 Å². The number of carbonyl (C=O) groups is 1. The number of imidazole rings is 1. The van der Waals surface area contributed by atoms with Crippen LogP contribution >= 0.6 is 0 Å². The molecule has 0 spiro atoms. The summed E-state index contributed by atoms with van der Waals surface area (Å²) in [6.45, 7) is 9.73. The van der Waals surface area contributed by atoms with Gasteiger partial charge in [0.1, 0.15) is 17.7 Å². The van der Waals surface area contributed by atoms with Crippen molar-refractivity contribution in [1.82, 2.24) is 24.4 Å². The Morgan fingerprint density at radius 2 is 1.84 bits per heavy atom. The summed E-state index contributed by atoms with van der Waals surface area (Å²) in [5.41, 5.74) is 3.11. The number of hydrogen-bond acceptors (Lipinski definition) is 5. The molecule has 1 atom stereocenters. The molecule has 1 N–H and O–H groups in total. The number of likely N-dealkylation sites (tertiary alicyclic amines) is 1. The Balaban J connectivity index is 1.34. The maximum absolute atomic E-state index is 13.1. The van der Waals surface area contributed by atoms with Gasteiger partial charge in [-0.1, -0.05) is 19.9 Å². The second-order valence-corrected chi connectivity index (χ2v) is 8.89. The first-order chi connectivity index (χ1) is 15.4. The Labute approximate surface area is 189 Å². The van der Waals surface area contributed by atoms with Gasteiger partial charge in [0.25, 0.3) is 0 Å². The van der Waals surface area contributed by atoms with Gasteiger partial charge in [-0.15, -0.1) is 0 Å². The van der Waals surface area contributed by atoms with Gasteiger partial charge in [0.05, 0.1) is 11.9 Å². The molecule has 0 radical (unpaired) electrons. The molecule has 4 rings (SSSR count). The molecule has 0 bridgehead atoms. The SMILES string of the molecule is Cc1cccnc1Nc1ccc(C2CCN(C(=O)[C@H](C)n3ccnc3C(C)C)CC2)nc1. The smallest absolute Gasteiger partial charge is 0.245 e. The molecule has 0 unspecified atom stereocenters. The van der Waals surface area contributed by atoms with Crippen LogP contribution in [-0.4, -0.2) is 43.4 Å². The highest BCUT2D eigenvalue weighted by Crippen LogP contribution is 2.29. The summed E-state index contributed by atoms with van der Waals surface area (Å²) in [5.74, 6) is 2.64. The zero-order chi connectivity index (χ0) is 22.7. The molecule has 3 aromatic heterocycles. The van der Waals surface area contributed by atoms with Crippen LogP contribution in [0.3, 0.4) is 0 Å². The van der Waals surface area contributed by atoms with Crippen LogP contribution in [0, 0.1) is 6.92 Å². The molecule has 1 saturated heterocycles. The fourth-order valence-corrected chi connectivity index (χ4v) is 4.35.